The van der Waals surface area contributed by atoms with Crippen LogP contribution in [0.2, 0.25) is 0 Å². The van der Waals surface area contributed by atoms with Crippen molar-refractivity contribution >= 4 is 39.2 Å². The molecule has 0 aliphatic carbocycles. The fraction of sp³-hybridized carbons (Fsp3) is 0.652. The molecule has 0 bridgehead atoms. The average molecular weight is 444 g/mol. The Bertz CT molecular complexity index is 943. The standard InChI is InChI=1S/C23H33N5O2S/c1-15-17(3)31-21-19(15)20(24-14-25-21)26-16(2)22(29)28-12-8-18(9-13-28)23(30)27-10-6-4-5-7-11-27/h14,16,18H,4-13H2,1-3H3,(H,24,25,26). The van der Waals surface area contributed by atoms with Gasteiger partial charge in [0, 0.05) is 37.0 Å². The fourth-order valence-corrected chi connectivity index (χ4v) is 5.73. The summed E-state index contributed by atoms with van der Waals surface area (Å²) in [5.74, 6) is 1.14. The van der Waals surface area contributed by atoms with Gasteiger partial charge >= 0.3 is 0 Å². The Hall–Kier alpha value is -2.22. The molecule has 2 fully saturated rings. The van der Waals surface area contributed by atoms with E-state index in [9.17, 15) is 9.59 Å². The first-order chi connectivity index (χ1) is 15.0. The summed E-state index contributed by atoms with van der Waals surface area (Å²) in [4.78, 5) is 40.9. The third-order valence-electron chi connectivity index (χ3n) is 6.76. The highest BCUT2D eigenvalue weighted by molar-refractivity contribution is 7.18. The molecule has 2 amide bonds. The van der Waals surface area contributed by atoms with Crippen molar-refractivity contribution in [2.75, 3.05) is 31.5 Å². The Balaban J connectivity index is 1.35. The molecule has 2 saturated heterocycles. The van der Waals surface area contributed by atoms with Gasteiger partial charge in [-0.3, -0.25) is 9.59 Å². The highest BCUT2D eigenvalue weighted by atomic mass is 32.1. The first-order valence-electron chi connectivity index (χ1n) is 11.5. The minimum Gasteiger partial charge on any atom is -0.358 e. The van der Waals surface area contributed by atoms with E-state index in [0.717, 1.165) is 60.4 Å². The Morgan fingerprint density at radius 2 is 1.71 bits per heavy atom. The highest BCUT2D eigenvalue weighted by Gasteiger charge is 2.32. The van der Waals surface area contributed by atoms with Crippen LogP contribution >= 0.6 is 11.3 Å². The second-order valence-corrected chi connectivity index (χ2v) is 10.1. The Labute approximate surface area is 188 Å². The summed E-state index contributed by atoms with van der Waals surface area (Å²) in [6.45, 7) is 9.12. The molecule has 7 nitrogen and oxygen atoms in total. The van der Waals surface area contributed by atoms with Gasteiger partial charge in [-0.15, -0.1) is 11.3 Å². The quantitative estimate of drug-likeness (QED) is 0.779. The van der Waals surface area contributed by atoms with Crippen molar-refractivity contribution in [2.24, 2.45) is 5.92 Å². The first-order valence-corrected chi connectivity index (χ1v) is 12.3. The van der Waals surface area contributed by atoms with Gasteiger partial charge in [0.15, 0.2) is 0 Å². The molecule has 0 saturated carbocycles. The van der Waals surface area contributed by atoms with Crippen molar-refractivity contribution in [3.63, 3.8) is 0 Å². The zero-order valence-electron chi connectivity index (χ0n) is 18.8. The van der Waals surface area contributed by atoms with E-state index in [-0.39, 0.29) is 17.9 Å². The molecule has 2 aliphatic rings. The summed E-state index contributed by atoms with van der Waals surface area (Å²) in [7, 11) is 0. The minimum absolute atomic E-state index is 0.0586. The van der Waals surface area contributed by atoms with E-state index in [0.29, 0.717) is 19.0 Å². The fourth-order valence-electron chi connectivity index (χ4n) is 4.73. The second kappa shape index (κ2) is 9.51. The molecule has 2 aromatic rings. The molecule has 8 heteroatoms. The molecule has 0 spiro atoms. The molecule has 1 N–H and O–H groups in total. The lowest BCUT2D eigenvalue weighted by Crippen LogP contribution is -2.48. The van der Waals surface area contributed by atoms with Crippen molar-refractivity contribution < 1.29 is 9.59 Å². The number of aryl methyl sites for hydroxylation is 2. The van der Waals surface area contributed by atoms with Crippen LogP contribution in [0, 0.1) is 19.8 Å². The topological polar surface area (TPSA) is 78.4 Å². The van der Waals surface area contributed by atoms with Crippen LogP contribution in [0.15, 0.2) is 6.33 Å². The van der Waals surface area contributed by atoms with Gasteiger partial charge in [-0.1, -0.05) is 12.8 Å². The van der Waals surface area contributed by atoms with E-state index < -0.39 is 0 Å². The Kier molecular flexibility index (Phi) is 6.74. The van der Waals surface area contributed by atoms with Gasteiger partial charge in [-0.2, -0.15) is 0 Å². The number of thiophene rings is 1. The van der Waals surface area contributed by atoms with Crippen LogP contribution < -0.4 is 5.32 Å². The molecule has 2 aliphatic heterocycles. The summed E-state index contributed by atoms with van der Waals surface area (Å²) in [5, 5.41) is 4.32. The van der Waals surface area contributed by atoms with Gasteiger partial charge < -0.3 is 15.1 Å². The van der Waals surface area contributed by atoms with Crippen LogP contribution in [0.4, 0.5) is 5.82 Å². The summed E-state index contributed by atoms with van der Waals surface area (Å²) in [6.07, 6.45) is 7.76. The van der Waals surface area contributed by atoms with Gasteiger partial charge in [0.1, 0.15) is 23.0 Å². The highest BCUT2D eigenvalue weighted by Crippen LogP contribution is 2.33. The van der Waals surface area contributed by atoms with Crippen molar-refractivity contribution in [3.8, 4) is 0 Å². The third-order valence-corrected chi connectivity index (χ3v) is 7.88. The molecule has 4 rings (SSSR count). The number of nitrogens with zero attached hydrogens (tertiary/aromatic N) is 4. The number of anilines is 1. The number of piperidine rings is 1. The zero-order valence-corrected chi connectivity index (χ0v) is 19.6. The summed E-state index contributed by atoms with van der Waals surface area (Å²) < 4.78 is 0. The van der Waals surface area contributed by atoms with E-state index in [2.05, 4.69) is 34.0 Å². The molecule has 2 aromatic heterocycles. The van der Waals surface area contributed by atoms with Gasteiger partial charge in [-0.25, -0.2) is 9.97 Å². The Morgan fingerprint density at radius 1 is 1.03 bits per heavy atom. The number of hydrogen-bond acceptors (Lipinski definition) is 6. The number of aromatic nitrogens is 2. The summed E-state index contributed by atoms with van der Waals surface area (Å²) in [6, 6.07) is -0.379. The third kappa shape index (κ3) is 4.68. The van der Waals surface area contributed by atoms with Gasteiger partial charge in [0.2, 0.25) is 11.8 Å². The number of likely N-dealkylation sites (tertiary alicyclic amines) is 2. The number of fused-ring (bicyclic) bond motifs is 1. The molecule has 168 valence electrons. The molecule has 0 aromatic carbocycles. The van der Waals surface area contributed by atoms with Crippen LogP contribution in [0.1, 0.15) is 55.9 Å². The molecule has 1 atom stereocenters. The van der Waals surface area contributed by atoms with Crippen LogP contribution in [0.3, 0.4) is 0 Å². The summed E-state index contributed by atoms with van der Waals surface area (Å²) in [5.41, 5.74) is 1.16. The van der Waals surface area contributed by atoms with Gasteiger partial charge in [-0.05, 0) is 52.0 Å². The number of amides is 2. The maximum atomic E-state index is 13.1. The maximum absolute atomic E-state index is 13.1. The largest absolute Gasteiger partial charge is 0.358 e. The molecule has 4 heterocycles. The molecule has 0 radical (unpaired) electrons. The Morgan fingerprint density at radius 3 is 2.39 bits per heavy atom. The SMILES string of the molecule is Cc1sc2ncnc(NC(C)C(=O)N3CCC(C(=O)N4CCCCCC4)CC3)c2c1C. The van der Waals surface area contributed by atoms with Crippen molar-refractivity contribution in [1.29, 1.82) is 0 Å². The first kappa shape index (κ1) is 22.0. The number of rotatable bonds is 4. The molecular weight excluding hydrogens is 410 g/mol. The van der Waals surface area contributed by atoms with Crippen molar-refractivity contribution in [2.45, 2.75) is 65.3 Å². The molecule has 1 unspecified atom stereocenters. The number of hydrogen-bond donors (Lipinski definition) is 1. The molecule has 31 heavy (non-hydrogen) atoms. The van der Waals surface area contributed by atoms with E-state index in [1.807, 2.05) is 11.8 Å². The predicted molar refractivity (Wildman–Crippen MR) is 124 cm³/mol. The van der Waals surface area contributed by atoms with Crippen LogP contribution in [-0.4, -0.2) is 63.8 Å². The van der Waals surface area contributed by atoms with Gasteiger partial charge in [0.05, 0.1) is 5.39 Å². The second-order valence-electron chi connectivity index (χ2n) is 8.89. The smallest absolute Gasteiger partial charge is 0.244 e. The lowest BCUT2D eigenvalue weighted by molar-refractivity contribution is -0.140. The van der Waals surface area contributed by atoms with Crippen LogP contribution in [0.5, 0.6) is 0 Å². The average Bonchev–Trinajstić information content (AvgIpc) is 2.95. The predicted octanol–water partition coefficient (Wildman–Crippen LogP) is 3.75. The van der Waals surface area contributed by atoms with E-state index in [1.165, 1.54) is 17.7 Å². The minimum atomic E-state index is -0.379. The van der Waals surface area contributed by atoms with Crippen LogP contribution in [-0.2, 0) is 9.59 Å². The normalized spacial score (nSPS) is 19.3. The van der Waals surface area contributed by atoms with E-state index in [4.69, 9.17) is 0 Å². The zero-order chi connectivity index (χ0) is 22.0. The van der Waals surface area contributed by atoms with Crippen molar-refractivity contribution in [3.05, 3.63) is 16.8 Å². The van der Waals surface area contributed by atoms with Gasteiger partial charge in [0.25, 0.3) is 0 Å². The maximum Gasteiger partial charge on any atom is 0.244 e. The van der Waals surface area contributed by atoms with Crippen molar-refractivity contribution in [1.82, 2.24) is 19.8 Å². The number of nitrogens with one attached hydrogen (secondary N) is 1. The van der Waals surface area contributed by atoms with Crippen LogP contribution in [0.25, 0.3) is 10.2 Å². The summed E-state index contributed by atoms with van der Waals surface area (Å²) >= 11 is 1.65. The van der Waals surface area contributed by atoms with E-state index in [1.54, 1.807) is 17.7 Å². The monoisotopic (exact) mass is 443 g/mol. The lowest BCUT2D eigenvalue weighted by Gasteiger charge is -2.35. The van der Waals surface area contributed by atoms with E-state index >= 15 is 0 Å². The lowest BCUT2D eigenvalue weighted by atomic mass is 9.94. The molecular formula is C23H33N5O2S. The number of carbonyl (C=O) groups is 2. The number of carbonyl (C=O) groups excluding carboxylic acids is 2.